The van der Waals surface area contributed by atoms with E-state index in [0.29, 0.717) is 5.92 Å². The van der Waals surface area contributed by atoms with Crippen LogP contribution in [0.2, 0.25) is 0 Å². The second kappa shape index (κ2) is 1.87. The van der Waals surface area contributed by atoms with Crippen LogP contribution in [0.25, 0.3) is 0 Å². The minimum absolute atomic E-state index is 0.608. The minimum Gasteiger partial charge on any atom is -0.448 e. The lowest BCUT2D eigenvalue weighted by atomic mass is 9.85. The first kappa shape index (κ1) is 5.03. The van der Waals surface area contributed by atoms with Crippen LogP contribution in [-0.4, -0.2) is 4.98 Å². The maximum atomic E-state index is 5.07. The molecule has 0 atom stereocenters. The van der Waals surface area contributed by atoms with Gasteiger partial charge in [0.15, 0.2) is 5.89 Å². The number of hydrogen-bond acceptors (Lipinski definition) is 2. The van der Waals surface area contributed by atoms with E-state index >= 15 is 0 Å². The van der Waals surface area contributed by atoms with Crippen molar-refractivity contribution in [3.63, 3.8) is 0 Å². The van der Waals surface area contributed by atoms with Gasteiger partial charge in [0, 0.05) is 5.92 Å². The van der Waals surface area contributed by atoms with Gasteiger partial charge in [0.25, 0.3) is 0 Å². The molecular formula is C7H8NO. The summed E-state index contributed by atoms with van der Waals surface area (Å²) in [5.41, 5.74) is 0. The lowest BCUT2D eigenvalue weighted by molar-refractivity contribution is 0.335. The Morgan fingerprint density at radius 2 is 2.56 bits per heavy atom. The molecule has 1 saturated carbocycles. The number of aromatic nitrogens is 1. The Balaban J connectivity index is 2.14. The van der Waals surface area contributed by atoms with Crippen LogP contribution in [0.4, 0.5) is 0 Å². The average molecular weight is 122 g/mol. The molecule has 1 aromatic rings. The van der Waals surface area contributed by atoms with E-state index in [4.69, 9.17) is 4.42 Å². The second-order valence-corrected chi connectivity index (χ2v) is 2.44. The summed E-state index contributed by atoms with van der Waals surface area (Å²) in [4.78, 5) is 3.95. The Kier molecular flexibility index (Phi) is 1.04. The molecule has 0 saturated heterocycles. The van der Waals surface area contributed by atoms with Crippen molar-refractivity contribution in [3.05, 3.63) is 18.4 Å². The Morgan fingerprint density at radius 1 is 1.67 bits per heavy atom. The van der Waals surface area contributed by atoms with Crippen molar-refractivity contribution in [2.24, 2.45) is 0 Å². The lowest BCUT2D eigenvalue weighted by Crippen LogP contribution is -2.08. The van der Waals surface area contributed by atoms with Crippen LogP contribution in [-0.2, 0) is 0 Å². The van der Waals surface area contributed by atoms with E-state index in [0.717, 1.165) is 5.89 Å². The van der Waals surface area contributed by atoms with Crippen molar-refractivity contribution in [1.82, 2.24) is 4.98 Å². The van der Waals surface area contributed by atoms with Crippen molar-refractivity contribution in [3.8, 4) is 0 Å². The summed E-state index contributed by atoms with van der Waals surface area (Å²) in [5.74, 6) is 1.48. The molecule has 1 aliphatic carbocycles. The largest absolute Gasteiger partial charge is 0.448 e. The van der Waals surface area contributed by atoms with Crippen molar-refractivity contribution >= 4 is 0 Å². The SMILES string of the molecule is [c]1coc(C2CCC2)n1. The van der Waals surface area contributed by atoms with Gasteiger partial charge in [-0.3, -0.25) is 0 Å². The zero-order valence-corrected chi connectivity index (χ0v) is 5.13. The van der Waals surface area contributed by atoms with Crippen molar-refractivity contribution in [1.29, 1.82) is 0 Å². The van der Waals surface area contributed by atoms with Gasteiger partial charge in [0.05, 0.1) is 0 Å². The Bertz CT molecular complexity index is 177. The molecule has 1 radical (unpaired) electrons. The zero-order valence-electron chi connectivity index (χ0n) is 5.13. The molecule has 1 aliphatic rings. The van der Waals surface area contributed by atoms with Gasteiger partial charge in [-0.05, 0) is 12.8 Å². The summed E-state index contributed by atoms with van der Waals surface area (Å²) in [6.45, 7) is 0. The van der Waals surface area contributed by atoms with Crippen LogP contribution >= 0.6 is 0 Å². The Hall–Kier alpha value is -0.790. The fraction of sp³-hybridized carbons (Fsp3) is 0.571. The molecule has 2 nitrogen and oxygen atoms in total. The lowest BCUT2D eigenvalue weighted by Gasteiger charge is -2.21. The monoisotopic (exact) mass is 122 g/mol. The molecule has 2 rings (SSSR count). The number of nitrogens with zero attached hydrogens (tertiary/aromatic N) is 1. The molecule has 0 aliphatic heterocycles. The first-order chi connectivity index (χ1) is 4.47. The normalized spacial score (nSPS) is 19.6. The molecule has 0 N–H and O–H groups in total. The van der Waals surface area contributed by atoms with E-state index in [9.17, 15) is 0 Å². The predicted molar refractivity (Wildman–Crippen MR) is 31.9 cm³/mol. The highest BCUT2D eigenvalue weighted by atomic mass is 16.3. The van der Waals surface area contributed by atoms with Crippen LogP contribution in [0.3, 0.4) is 0 Å². The van der Waals surface area contributed by atoms with Crippen molar-refractivity contribution < 1.29 is 4.42 Å². The van der Waals surface area contributed by atoms with Crippen LogP contribution < -0.4 is 0 Å². The zero-order chi connectivity index (χ0) is 6.10. The molecule has 0 unspecified atom stereocenters. The first-order valence-corrected chi connectivity index (χ1v) is 3.28. The fourth-order valence-corrected chi connectivity index (χ4v) is 1.05. The van der Waals surface area contributed by atoms with Gasteiger partial charge >= 0.3 is 0 Å². The molecule has 1 aromatic heterocycles. The van der Waals surface area contributed by atoms with Crippen molar-refractivity contribution in [2.45, 2.75) is 25.2 Å². The Morgan fingerprint density at radius 3 is 3.00 bits per heavy atom. The molecule has 0 bridgehead atoms. The molecule has 0 spiro atoms. The van der Waals surface area contributed by atoms with E-state index in [1.54, 1.807) is 0 Å². The molecule has 1 heterocycles. The summed E-state index contributed by atoms with van der Waals surface area (Å²) >= 11 is 0. The van der Waals surface area contributed by atoms with E-state index < -0.39 is 0 Å². The maximum Gasteiger partial charge on any atom is 0.197 e. The molecule has 0 amide bonds. The predicted octanol–water partition coefficient (Wildman–Crippen LogP) is 1.74. The quantitative estimate of drug-likeness (QED) is 0.567. The van der Waals surface area contributed by atoms with Gasteiger partial charge in [-0.1, -0.05) is 6.42 Å². The highest BCUT2D eigenvalue weighted by molar-refractivity contribution is 4.95. The topological polar surface area (TPSA) is 26.0 Å². The third-order valence-corrected chi connectivity index (χ3v) is 1.86. The summed E-state index contributed by atoms with van der Waals surface area (Å²) in [6, 6.07) is 0. The van der Waals surface area contributed by atoms with Gasteiger partial charge < -0.3 is 4.42 Å². The maximum absolute atomic E-state index is 5.07. The summed E-state index contributed by atoms with van der Waals surface area (Å²) in [7, 11) is 0. The molecule has 2 heteroatoms. The number of oxazole rings is 1. The molecule has 47 valence electrons. The molecule has 0 aromatic carbocycles. The van der Waals surface area contributed by atoms with E-state index in [2.05, 4.69) is 11.2 Å². The third-order valence-electron chi connectivity index (χ3n) is 1.86. The van der Waals surface area contributed by atoms with Crippen LogP contribution in [0.15, 0.2) is 10.7 Å². The summed E-state index contributed by atoms with van der Waals surface area (Å²) in [5, 5.41) is 0. The average Bonchev–Trinajstić information content (AvgIpc) is 2.11. The van der Waals surface area contributed by atoms with Gasteiger partial charge in [0.2, 0.25) is 0 Å². The molecule has 9 heavy (non-hydrogen) atoms. The van der Waals surface area contributed by atoms with E-state index in [-0.39, 0.29) is 0 Å². The van der Waals surface area contributed by atoms with Gasteiger partial charge in [-0.25, -0.2) is 4.98 Å². The fourth-order valence-electron chi connectivity index (χ4n) is 1.05. The molecular weight excluding hydrogens is 114 g/mol. The van der Waals surface area contributed by atoms with E-state index in [1.165, 1.54) is 25.5 Å². The first-order valence-electron chi connectivity index (χ1n) is 3.28. The number of rotatable bonds is 1. The highest BCUT2D eigenvalue weighted by Gasteiger charge is 2.22. The highest BCUT2D eigenvalue weighted by Crippen LogP contribution is 2.34. The third kappa shape index (κ3) is 0.745. The van der Waals surface area contributed by atoms with E-state index in [1.807, 2.05) is 0 Å². The van der Waals surface area contributed by atoms with Gasteiger partial charge in [-0.15, -0.1) is 0 Å². The Labute approximate surface area is 53.9 Å². The summed E-state index contributed by atoms with van der Waals surface area (Å²) in [6.07, 6.45) is 8.00. The van der Waals surface area contributed by atoms with Crippen molar-refractivity contribution in [2.75, 3.05) is 0 Å². The minimum atomic E-state index is 0.608. The van der Waals surface area contributed by atoms with Gasteiger partial charge in [-0.2, -0.15) is 0 Å². The molecule has 1 fully saturated rings. The second-order valence-electron chi connectivity index (χ2n) is 2.44. The standard InChI is InChI=1S/C7H8NO/c1-2-6(3-1)7-8-4-5-9-7/h5-6H,1-3H2. The van der Waals surface area contributed by atoms with Crippen LogP contribution in [0.5, 0.6) is 0 Å². The summed E-state index contributed by atoms with van der Waals surface area (Å²) < 4.78 is 5.07. The number of hydrogen-bond donors (Lipinski definition) is 0. The van der Waals surface area contributed by atoms with Crippen LogP contribution in [0, 0.1) is 6.20 Å². The smallest absolute Gasteiger partial charge is 0.197 e. The van der Waals surface area contributed by atoms with Crippen LogP contribution in [0.1, 0.15) is 31.1 Å². The van der Waals surface area contributed by atoms with Gasteiger partial charge in [0.1, 0.15) is 12.5 Å².